The molecular weight excluding hydrogens is 406 g/mol. The van der Waals surface area contributed by atoms with Crippen molar-refractivity contribution in [2.45, 2.75) is 0 Å². The van der Waals surface area contributed by atoms with E-state index in [9.17, 15) is 25.0 Å². The van der Waals surface area contributed by atoms with Crippen LogP contribution in [0.2, 0.25) is 0 Å². The number of nitro benzene ring substituents is 2. The Morgan fingerprint density at radius 2 is 1.79 bits per heavy atom. The Balaban J connectivity index is 1.92. The van der Waals surface area contributed by atoms with Crippen LogP contribution in [-0.4, -0.2) is 27.2 Å². The highest BCUT2D eigenvalue weighted by Gasteiger charge is 2.33. The molecule has 1 amide bonds. The SMILES string of the molecule is COc1ccc(C=C2SC(=S)N(c3ccc([N+](=O)[O-])cc3)C2=O)cc1[N+](=O)[O-]. The van der Waals surface area contributed by atoms with Gasteiger partial charge in [-0.05, 0) is 29.8 Å². The summed E-state index contributed by atoms with van der Waals surface area (Å²) >= 11 is 6.29. The van der Waals surface area contributed by atoms with Crippen LogP contribution in [0, 0.1) is 20.2 Å². The Morgan fingerprint density at radius 3 is 2.36 bits per heavy atom. The summed E-state index contributed by atoms with van der Waals surface area (Å²) in [5, 5.41) is 21.9. The van der Waals surface area contributed by atoms with Crippen LogP contribution in [-0.2, 0) is 4.79 Å². The van der Waals surface area contributed by atoms with E-state index in [0.29, 0.717) is 11.3 Å². The van der Waals surface area contributed by atoms with Crippen molar-refractivity contribution in [2.75, 3.05) is 12.0 Å². The van der Waals surface area contributed by atoms with Crippen LogP contribution in [0.3, 0.4) is 0 Å². The van der Waals surface area contributed by atoms with Gasteiger partial charge in [0.1, 0.15) is 0 Å². The quantitative estimate of drug-likeness (QED) is 0.311. The molecule has 3 rings (SSSR count). The van der Waals surface area contributed by atoms with Crippen molar-refractivity contribution in [3.05, 3.63) is 73.2 Å². The standard InChI is InChI=1S/C17H11N3O6S2/c1-26-14-7-2-10(8-13(14)20(24)25)9-15-16(21)18(17(27)28-15)11-3-5-12(6-4-11)19(22)23/h2-9H,1H3. The molecule has 0 unspecified atom stereocenters. The number of nitro groups is 2. The van der Waals surface area contributed by atoms with E-state index in [1.165, 1.54) is 54.5 Å². The van der Waals surface area contributed by atoms with Crippen molar-refractivity contribution < 1.29 is 19.4 Å². The molecule has 0 bridgehead atoms. The molecule has 142 valence electrons. The van der Waals surface area contributed by atoms with Gasteiger partial charge in [0, 0.05) is 18.2 Å². The minimum Gasteiger partial charge on any atom is -0.490 e. The molecule has 9 nitrogen and oxygen atoms in total. The highest BCUT2D eigenvalue weighted by Crippen LogP contribution is 2.37. The Labute approximate surface area is 167 Å². The van der Waals surface area contributed by atoms with Gasteiger partial charge in [-0.1, -0.05) is 30.0 Å². The number of nitrogens with zero attached hydrogens (tertiary/aromatic N) is 3. The molecule has 1 fully saturated rings. The van der Waals surface area contributed by atoms with Crippen LogP contribution in [0.25, 0.3) is 6.08 Å². The molecule has 1 aliphatic rings. The molecule has 28 heavy (non-hydrogen) atoms. The lowest BCUT2D eigenvalue weighted by Crippen LogP contribution is -2.27. The molecule has 0 spiro atoms. The molecule has 1 heterocycles. The van der Waals surface area contributed by atoms with Crippen molar-refractivity contribution in [3.8, 4) is 5.75 Å². The summed E-state index contributed by atoms with van der Waals surface area (Å²) in [4.78, 5) is 35.1. The van der Waals surface area contributed by atoms with E-state index < -0.39 is 15.8 Å². The van der Waals surface area contributed by atoms with Gasteiger partial charge < -0.3 is 4.74 Å². The predicted octanol–water partition coefficient (Wildman–Crippen LogP) is 3.92. The van der Waals surface area contributed by atoms with Gasteiger partial charge in [-0.2, -0.15) is 0 Å². The molecule has 2 aromatic rings. The fourth-order valence-electron chi connectivity index (χ4n) is 2.50. The van der Waals surface area contributed by atoms with E-state index in [1.54, 1.807) is 6.07 Å². The summed E-state index contributed by atoms with van der Waals surface area (Å²) in [6.45, 7) is 0. The first-order chi connectivity index (χ1) is 13.3. The molecule has 0 N–H and O–H groups in total. The Kier molecular flexibility index (Phi) is 5.38. The van der Waals surface area contributed by atoms with Crippen LogP contribution in [0.15, 0.2) is 47.4 Å². The second-order valence-electron chi connectivity index (χ2n) is 5.48. The maximum atomic E-state index is 12.7. The van der Waals surface area contributed by atoms with E-state index in [0.717, 1.165) is 11.8 Å². The number of methoxy groups -OCH3 is 1. The van der Waals surface area contributed by atoms with Crippen molar-refractivity contribution in [1.29, 1.82) is 0 Å². The monoisotopic (exact) mass is 417 g/mol. The number of rotatable bonds is 5. The number of hydrogen-bond donors (Lipinski definition) is 0. The van der Waals surface area contributed by atoms with E-state index in [1.807, 2.05) is 0 Å². The Morgan fingerprint density at radius 1 is 1.11 bits per heavy atom. The summed E-state index contributed by atoms with van der Waals surface area (Å²) in [6, 6.07) is 9.77. The van der Waals surface area contributed by atoms with Crippen LogP contribution < -0.4 is 9.64 Å². The van der Waals surface area contributed by atoms with E-state index in [4.69, 9.17) is 17.0 Å². The van der Waals surface area contributed by atoms with Gasteiger partial charge in [0.2, 0.25) is 0 Å². The molecule has 11 heteroatoms. The van der Waals surface area contributed by atoms with E-state index >= 15 is 0 Å². The number of ether oxygens (including phenoxy) is 1. The predicted molar refractivity (Wildman–Crippen MR) is 108 cm³/mol. The fraction of sp³-hybridized carbons (Fsp3) is 0.0588. The zero-order valence-corrected chi connectivity index (χ0v) is 15.9. The van der Waals surface area contributed by atoms with Gasteiger partial charge in [-0.3, -0.25) is 29.9 Å². The highest BCUT2D eigenvalue weighted by molar-refractivity contribution is 8.27. The van der Waals surface area contributed by atoms with E-state index in [2.05, 4.69) is 0 Å². The number of carbonyl (C=O) groups is 1. The summed E-state index contributed by atoms with van der Waals surface area (Å²) in [7, 11) is 1.33. The molecule has 0 atom stereocenters. The van der Waals surface area contributed by atoms with E-state index in [-0.39, 0.29) is 26.3 Å². The summed E-state index contributed by atoms with van der Waals surface area (Å²) in [5.74, 6) is -0.303. The lowest BCUT2D eigenvalue weighted by molar-refractivity contribution is -0.385. The number of carbonyl (C=O) groups excluding carboxylic acids is 1. The van der Waals surface area contributed by atoms with Crippen molar-refractivity contribution in [3.63, 3.8) is 0 Å². The normalized spacial score (nSPS) is 15.2. The number of thiocarbonyl (C=S) groups is 1. The third-order valence-corrected chi connectivity index (χ3v) is 5.11. The van der Waals surface area contributed by atoms with Crippen molar-refractivity contribution >= 4 is 57.3 Å². The molecule has 0 radical (unpaired) electrons. The van der Waals surface area contributed by atoms with Crippen LogP contribution in [0.4, 0.5) is 17.1 Å². The molecule has 1 aliphatic heterocycles. The number of amides is 1. The van der Waals surface area contributed by atoms with Crippen LogP contribution >= 0.6 is 24.0 Å². The first-order valence-electron chi connectivity index (χ1n) is 7.66. The minimum absolute atomic E-state index is 0.102. The lowest BCUT2D eigenvalue weighted by atomic mass is 10.1. The zero-order chi connectivity index (χ0) is 20.4. The molecule has 1 saturated heterocycles. The molecular formula is C17H11N3O6S2. The molecule has 0 aliphatic carbocycles. The minimum atomic E-state index is -0.571. The Bertz CT molecular complexity index is 1040. The molecule has 0 saturated carbocycles. The van der Waals surface area contributed by atoms with Crippen LogP contribution in [0.5, 0.6) is 5.75 Å². The average molecular weight is 417 g/mol. The largest absolute Gasteiger partial charge is 0.490 e. The van der Waals surface area contributed by atoms with Gasteiger partial charge in [0.15, 0.2) is 10.1 Å². The number of hydrogen-bond acceptors (Lipinski definition) is 8. The smallest absolute Gasteiger partial charge is 0.311 e. The summed E-state index contributed by atoms with van der Waals surface area (Å²) < 4.78 is 5.22. The van der Waals surface area contributed by atoms with Gasteiger partial charge >= 0.3 is 5.69 Å². The molecule has 2 aromatic carbocycles. The fourth-order valence-corrected chi connectivity index (χ4v) is 3.80. The second-order valence-corrected chi connectivity index (χ2v) is 7.15. The van der Waals surface area contributed by atoms with Gasteiger partial charge in [-0.25, -0.2) is 0 Å². The first-order valence-corrected chi connectivity index (χ1v) is 8.89. The van der Waals surface area contributed by atoms with Crippen molar-refractivity contribution in [1.82, 2.24) is 0 Å². The average Bonchev–Trinajstić information content (AvgIpc) is 2.95. The molecule has 0 aromatic heterocycles. The zero-order valence-electron chi connectivity index (χ0n) is 14.2. The summed E-state index contributed by atoms with van der Waals surface area (Å²) in [6.07, 6.45) is 1.50. The van der Waals surface area contributed by atoms with Gasteiger partial charge in [0.05, 0.1) is 27.5 Å². The Hall–Kier alpha value is -3.31. The number of benzene rings is 2. The topological polar surface area (TPSA) is 116 Å². The number of non-ortho nitro benzene ring substituents is 1. The van der Waals surface area contributed by atoms with Crippen LogP contribution in [0.1, 0.15) is 5.56 Å². The van der Waals surface area contributed by atoms with Gasteiger partial charge in [-0.15, -0.1) is 0 Å². The number of thioether (sulfide) groups is 1. The summed E-state index contributed by atoms with van der Waals surface area (Å²) in [5.41, 5.74) is 0.520. The second kappa shape index (κ2) is 7.74. The first kappa shape index (κ1) is 19.5. The van der Waals surface area contributed by atoms with Crippen molar-refractivity contribution in [2.24, 2.45) is 0 Å². The highest BCUT2D eigenvalue weighted by atomic mass is 32.2. The van der Waals surface area contributed by atoms with Gasteiger partial charge in [0.25, 0.3) is 11.6 Å². The number of anilines is 1. The third kappa shape index (κ3) is 3.70. The maximum Gasteiger partial charge on any atom is 0.311 e. The maximum absolute atomic E-state index is 12.7. The third-order valence-electron chi connectivity index (χ3n) is 3.81. The lowest BCUT2D eigenvalue weighted by Gasteiger charge is -2.13.